The van der Waals surface area contributed by atoms with Gasteiger partial charge in [0.2, 0.25) is 0 Å². The molecule has 0 aliphatic carbocycles. The first kappa shape index (κ1) is 25.4. The molecule has 4 aromatic carbocycles. The molecule has 4 aromatic rings. The highest BCUT2D eigenvalue weighted by molar-refractivity contribution is 9.10. The molecule has 0 saturated carbocycles. The van der Waals surface area contributed by atoms with Gasteiger partial charge in [-0.05, 0) is 71.8 Å². The normalized spacial score (nSPS) is 11.1. The fourth-order valence-electron chi connectivity index (χ4n) is 3.31. The molecular weight excluding hydrogens is 539 g/mol. The molecule has 0 fully saturated rings. The van der Waals surface area contributed by atoms with Gasteiger partial charge in [0.05, 0.1) is 0 Å². The number of rotatable bonds is 8. The molecule has 0 aliphatic heterocycles. The number of hydrogen-bond acceptors (Lipinski definition) is 3. The van der Waals surface area contributed by atoms with Crippen molar-refractivity contribution in [2.45, 2.75) is 10.6 Å². The van der Waals surface area contributed by atoms with E-state index in [0.29, 0.717) is 22.6 Å². The van der Waals surface area contributed by atoms with Crippen LogP contribution in [0.25, 0.3) is 6.08 Å². The smallest absolute Gasteiger partial charge is 0.272 e. The van der Waals surface area contributed by atoms with E-state index in [1.165, 1.54) is 17.8 Å². The fraction of sp³-hybridized carbons (Fsp3) is 0.0345. The number of amides is 2. The minimum Gasteiger partial charge on any atom is -0.321 e. The summed E-state index contributed by atoms with van der Waals surface area (Å²) in [6.45, 7) is 0. The molecule has 4 nitrogen and oxygen atoms in total. The average Bonchev–Trinajstić information content (AvgIpc) is 2.89. The van der Waals surface area contributed by atoms with Crippen LogP contribution in [0.3, 0.4) is 0 Å². The Morgan fingerprint density at radius 3 is 2.31 bits per heavy atom. The van der Waals surface area contributed by atoms with E-state index in [9.17, 15) is 14.0 Å². The maximum absolute atomic E-state index is 13.9. The number of benzene rings is 4. The molecule has 180 valence electrons. The number of carbonyl (C=O) groups is 2. The standard InChI is InChI=1S/C29H22BrFN2O2S/c30-23-11-6-7-20(17-23)18-27(33-28(34)21-8-2-1-3-9-21)29(35)32-24-13-15-25(16-14-24)36-19-22-10-4-5-12-26(22)31/h1-18H,19H2,(H,32,35)(H,33,34)/b27-18-. The number of hydrogen-bond donors (Lipinski definition) is 2. The lowest BCUT2D eigenvalue weighted by atomic mass is 10.1. The van der Waals surface area contributed by atoms with Crippen molar-refractivity contribution in [3.63, 3.8) is 0 Å². The Kier molecular flexibility index (Phi) is 8.71. The van der Waals surface area contributed by atoms with Crippen LogP contribution in [0.15, 0.2) is 118 Å². The lowest BCUT2D eigenvalue weighted by Crippen LogP contribution is -2.30. The largest absolute Gasteiger partial charge is 0.321 e. The molecule has 36 heavy (non-hydrogen) atoms. The first-order valence-corrected chi connectivity index (χ1v) is 12.9. The number of carbonyl (C=O) groups excluding carboxylic acids is 2. The molecule has 4 rings (SSSR count). The van der Waals surface area contributed by atoms with Crippen LogP contribution in [-0.2, 0) is 10.5 Å². The first-order chi connectivity index (χ1) is 17.5. The van der Waals surface area contributed by atoms with E-state index in [2.05, 4.69) is 26.6 Å². The zero-order valence-corrected chi connectivity index (χ0v) is 21.5. The predicted molar refractivity (Wildman–Crippen MR) is 147 cm³/mol. The van der Waals surface area contributed by atoms with Crippen molar-refractivity contribution in [2.24, 2.45) is 0 Å². The number of thioether (sulfide) groups is 1. The van der Waals surface area contributed by atoms with Gasteiger partial charge in [-0.15, -0.1) is 11.8 Å². The second-order valence-corrected chi connectivity index (χ2v) is 9.76. The van der Waals surface area contributed by atoms with Gasteiger partial charge in [-0.3, -0.25) is 9.59 Å². The van der Waals surface area contributed by atoms with Crippen LogP contribution < -0.4 is 10.6 Å². The van der Waals surface area contributed by atoms with Crippen LogP contribution in [-0.4, -0.2) is 11.8 Å². The van der Waals surface area contributed by atoms with Gasteiger partial charge in [-0.1, -0.05) is 64.5 Å². The molecule has 0 aromatic heterocycles. The van der Waals surface area contributed by atoms with Crippen molar-refractivity contribution in [1.29, 1.82) is 0 Å². The zero-order chi connectivity index (χ0) is 25.3. The van der Waals surface area contributed by atoms with E-state index in [1.54, 1.807) is 54.6 Å². The summed E-state index contributed by atoms with van der Waals surface area (Å²) in [7, 11) is 0. The van der Waals surface area contributed by atoms with E-state index in [0.717, 1.165) is 14.9 Å². The van der Waals surface area contributed by atoms with Crippen molar-refractivity contribution in [1.82, 2.24) is 5.32 Å². The van der Waals surface area contributed by atoms with E-state index >= 15 is 0 Å². The summed E-state index contributed by atoms with van der Waals surface area (Å²) < 4.78 is 14.7. The Balaban J connectivity index is 1.47. The Labute approximate surface area is 221 Å². The summed E-state index contributed by atoms with van der Waals surface area (Å²) in [5, 5.41) is 5.57. The van der Waals surface area contributed by atoms with E-state index in [1.807, 2.05) is 48.5 Å². The van der Waals surface area contributed by atoms with Gasteiger partial charge in [0.1, 0.15) is 11.5 Å². The summed E-state index contributed by atoms with van der Waals surface area (Å²) in [5.41, 5.74) is 2.52. The Hall–Kier alpha value is -3.68. The van der Waals surface area contributed by atoms with Crippen molar-refractivity contribution >= 4 is 51.3 Å². The average molecular weight is 561 g/mol. The Morgan fingerprint density at radius 2 is 1.58 bits per heavy atom. The minimum atomic E-state index is -0.453. The Bertz CT molecular complexity index is 1390. The molecule has 0 saturated heterocycles. The summed E-state index contributed by atoms with van der Waals surface area (Å²) in [4.78, 5) is 26.8. The van der Waals surface area contributed by atoms with Crippen molar-refractivity contribution in [2.75, 3.05) is 5.32 Å². The maximum Gasteiger partial charge on any atom is 0.272 e. The fourth-order valence-corrected chi connectivity index (χ4v) is 4.62. The van der Waals surface area contributed by atoms with Crippen LogP contribution in [0, 0.1) is 5.82 Å². The molecule has 0 aliphatic rings. The monoisotopic (exact) mass is 560 g/mol. The number of halogens is 2. The third-order valence-electron chi connectivity index (χ3n) is 5.15. The van der Waals surface area contributed by atoms with Crippen molar-refractivity contribution in [3.05, 3.63) is 136 Å². The molecule has 0 bridgehead atoms. The van der Waals surface area contributed by atoms with E-state index in [-0.39, 0.29) is 17.4 Å². The number of anilines is 1. The molecule has 7 heteroatoms. The lowest BCUT2D eigenvalue weighted by Gasteiger charge is -2.12. The van der Waals surface area contributed by atoms with E-state index < -0.39 is 5.91 Å². The second-order valence-electron chi connectivity index (χ2n) is 7.79. The highest BCUT2D eigenvalue weighted by atomic mass is 79.9. The molecule has 2 amide bonds. The SMILES string of the molecule is O=C(Nc1ccc(SCc2ccccc2F)cc1)/C(=C/c1cccc(Br)c1)NC(=O)c1ccccc1. The lowest BCUT2D eigenvalue weighted by molar-refractivity contribution is -0.113. The quantitative estimate of drug-likeness (QED) is 0.176. The first-order valence-electron chi connectivity index (χ1n) is 11.1. The predicted octanol–water partition coefficient (Wildman–Crippen LogP) is 7.29. The zero-order valence-electron chi connectivity index (χ0n) is 19.1. The highest BCUT2D eigenvalue weighted by Gasteiger charge is 2.15. The van der Waals surface area contributed by atoms with Crippen molar-refractivity contribution in [3.8, 4) is 0 Å². The van der Waals surface area contributed by atoms with Gasteiger partial charge < -0.3 is 10.6 Å². The van der Waals surface area contributed by atoms with Crippen LogP contribution in [0.4, 0.5) is 10.1 Å². The molecule has 0 spiro atoms. The highest BCUT2D eigenvalue weighted by Crippen LogP contribution is 2.25. The third kappa shape index (κ3) is 7.16. The van der Waals surface area contributed by atoms with Gasteiger partial charge in [-0.2, -0.15) is 0 Å². The van der Waals surface area contributed by atoms with E-state index in [4.69, 9.17) is 0 Å². The summed E-state index contributed by atoms with van der Waals surface area (Å²) in [6, 6.07) is 30.1. The molecule has 0 radical (unpaired) electrons. The summed E-state index contributed by atoms with van der Waals surface area (Å²) >= 11 is 4.93. The van der Waals surface area contributed by atoms with Crippen LogP contribution in [0.5, 0.6) is 0 Å². The maximum atomic E-state index is 13.9. The van der Waals surface area contributed by atoms with Gasteiger partial charge in [0, 0.05) is 26.4 Å². The topological polar surface area (TPSA) is 58.2 Å². The van der Waals surface area contributed by atoms with Gasteiger partial charge >= 0.3 is 0 Å². The molecule has 0 heterocycles. The molecule has 2 N–H and O–H groups in total. The van der Waals surface area contributed by atoms with Crippen LogP contribution in [0.2, 0.25) is 0 Å². The number of nitrogens with one attached hydrogen (secondary N) is 2. The molecule has 0 atom stereocenters. The molecule has 0 unspecified atom stereocenters. The summed E-state index contributed by atoms with van der Waals surface area (Å²) in [6.07, 6.45) is 1.62. The van der Waals surface area contributed by atoms with Crippen molar-refractivity contribution < 1.29 is 14.0 Å². The van der Waals surface area contributed by atoms with Crippen LogP contribution >= 0.6 is 27.7 Å². The molecular formula is C29H22BrFN2O2S. The van der Waals surface area contributed by atoms with Gasteiger partial charge in [-0.25, -0.2) is 4.39 Å². The summed E-state index contributed by atoms with van der Waals surface area (Å²) in [5.74, 6) is -0.558. The Morgan fingerprint density at radius 1 is 0.861 bits per heavy atom. The third-order valence-corrected chi connectivity index (χ3v) is 6.71. The van der Waals surface area contributed by atoms with Crippen LogP contribution in [0.1, 0.15) is 21.5 Å². The minimum absolute atomic E-state index is 0.111. The van der Waals surface area contributed by atoms with Gasteiger partial charge in [0.25, 0.3) is 11.8 Å². The van der Waals surface area contributed by atoms with Gasteiger partial charge in [0.15, 0.2) is 0 Å². The second kappa shape index (κ2) is 12.3.